The first-order chi connectivity index (χ1) is 27.2. The fourth-order valence-electron chi connectivity index (χ4n) is 8.71. The smallest absolute Gasteiger partial charge is 0.196 e. The number of nitriles is 1. The van der Waals surface area contributed by atoms with Crippen LogP contribution in [0.4, 0.5) is 5.69 Å². The molecule has 3 aromatic heterocycles. The van der Waals surface area contributed by atoms with Crippen LogP contribution in [0.2, 0.25) is 0 Å². The van der Waals surface area contributed by atoms with Gasteiger partial charge in [-0.2, -0.15) is 5.26 Å². The third kappa shape index (κ3) is 4.51. The number of fused-ring (bicyclic) bond motifs is 9. The molecule has 0 aliphatic heterocycles. The zero-order valence-corrected chi connectivity index (χ0v) is 29.5. The van der Waals surface area contributed by atoms with Gasteiger partial charge in [-0.3, -0.25) is 0 Å². The molecule has 0 N–H and O–H groups in total. The van der Waals surface area contributed by atoms with Crippen molar-refractivity contribution in [3.63, 3.8) is 0 Å². The number of hydrogen-bond donors (Lipinski definition) is 0. The second-order valence-corrected chi connectivity index (χ2v) is 14.0. The van der Waals surface area contributed by atoms with Crippen LogP contribution in [0.15, 0.2) is 176 Å². The highest BCUT2D eigenvalue weighted by atomic mass is 15.0. The van der Waals surface area contributed by atoms with Gasteiger partial charge in [0.2, 0.25) is 0 Å². The van der Waals surface area contributed by atoms with Gasteiger partial charge in [0, 0.05) is 49.4 Å². The van der Waals surface area contributed by atoms with Gasteiger partial charge in [0.25, 0.3) is 0 Å². The molecule has 8 aromatic carbocycles. The average molecular weight is 700 g/mol. The summed E-state index contributed by atoms with van der Waals surface area (Å²) in [5.74, 6) is 0. The molecule has 11 rings (SSSR count). The maximum atomic E-state index is 9.65. The van der Waals surface area contributed by atoms with Crippen molar-refractivity contribution in [2.75, 3.05) is 0 Å². The monoisotopic (exact) mass is 699 g/mol. The van der Waals surface area contributed by atoms with Crippen LogP contribution in [0, 0.1) is 17.9 Å². The molecule has 0 aliphatic rings. The quantitative estimate of drug-likeness (QED) is 0.169. The predicted octanol–water partition coefficient (Wildman–Crippen LogP) is 13.1. The van der Waals surface area contributed by atoms with Crippen molar-refractivity contribution < 1.29 is 0 Å². The maximum Gasteiger partial charge on any atom is 0.196 e. The summed E-state index contributed by atoms with van der Waals surface area (Å²) in [6.45, 7) is 8.35. The Morgan fingerprint density at radius 2 is 0.855 bits per heavy atom. The fourth-order valence-corrected chi connectivity index (χ4v) is 8.71. The second-order valence-electron chi connectivity index (χ2n) is 14.0. The molecule has 0 aliphatic carbocycles. The lowest BCUT2D eigenvalue weighted by atomic mass is 10.0. The Bertz CT molecular complexity index is 3420. The predicted molar refractivity (Wildman–Crippen MR) is 226 cm³/mol. The number of aromatic nitrogens is 3. The lowest BCUT2D eigenvalue weighted by molar-refractivity contribution is 1.17. The first-order valence-electron chi connectivity index (χ1n) is 18.3. The van der Waals surface area contributed by atoms with E-state index in [1.54, 1.807) is 0 Å². The van der Waals surface area contributed by atoms with Gasteiger partial charge in [0.15, 0.2) is 5.69 Å². The molecule has 0 atom stereocenters. The molecule has 0 saturated carbocycles. The molecule has 55 heavy (non-hydrogen) atoms. The van der Waals surface area contributed by atoms with E-state index in [1.165, 1.54) is 10.8 Å². The van der Waals surface area contributed by atoms with E-state index in [9.17, 15) is 5.26 Å². The Kier molecular flexibility index (Phi) is 6.61. The van der Waals surface area contributed by atoms with Crippen LogP contribution in [0.5, 0.6) is 0 Å². The highest BCUT2D eigenvalue weighted by Gasteiger charge is 2.18. The summed E-state index contributed by atoms with van der Waals surface area (Å²) in [7, 11) is 0. The minimum atomic E-state index is 0.599. The Balaban J connectivity index is 1.06. The Morgan fingerprint density at radius 1 is 0.400 bits per heavy atom. The standard InChI is InChI=1S/C50H29N5/c1-52-44-30-36(22-24-37(44)33-11-10-12-34(28-33)53-45-17-6-2-13-38(45)39-14-3-7-18-46(39)53)55-48-20-9-5-16-41(48)43-29-35(23-26-50(43)55)54-47-19-8-4-15-40(47)42-27-32(31-51)21-25-49(42)54/h2-30H. The summed E-state index contributed by atoms with van der Waals surface area (Å²) in [4.78, 5) is 4.09. The molecule has 3 heterocycles. The number of benzene rings is 8. The SMILES string of the molecule is [C-]#[N+]c1cc(-n2c3ccccc3c3cc(-n4c5ccccc5c5cc(C#N)ccc54)ccc32)ccc1-c1cccc(-n2c3ccccc3c3ccccc32)c1. The van der Waals surface area contributed by atoms with Crippen LogP contribution < -0.4 is 0 Å². The first-order valence-corrected chi connectivity index (χ1v) is 18.3. The van der Waals surface area contributed by atoms with Gasteiger partial charge in [0.1, 0.15) is 0 Å². The molecule has 254 valence electrons. The molecule has 0 fully saturated rings. The molecule has 0 spiro atoms. The van der Waals surface area contributed by atoms with Crippen LogP contribution in [0.3, 0.4) is 0 Å². The van der Waals surface area contributed by atoms with Crippen molar-refractivity contribution in [1.82, 2.24) is 13.7 Å². The van der Waals surface area contributed by atoms with Crippen LogP contribution in [0.25, 0.3) is 98.5 Å². The number of rotatable bonds is 4. The molecule has 0 saturated heterocycles. The highest BCUT2D eigenvalue weighted by Crippen LogP contribution is 2.40. The topological polar surface area (TPSA) is 42.9 Å². The molecule has 0 unspecified atom stereocenters. The van der Waals surface area contributed by atoms with Crippen molar-refractivity contribution >= 4 is 71.1 Å². The second kappa shape index (κ2) is 11.8. The average Bonchev–Trinajstić information content (AvgIpc) is 3.88. The van der Waals surface area contributed by atoms with Crippen molar-refractivity contribution in [3.8, 4) is 34.3 Å². The summed E-state index contributed by atoms with van der Waals surface area (Å²) in [5, 5.41) is 16.5. The van der Waals surface area contributed by atoms with Gasteiger partial charge in [-0.15, -0.1) is 0 Å². The molecule has 0 amide bonds. The van der Waals surface area contributed by atoms with Crippen LogP contribution >= 0.6 is 0 Å². The van der Waals surface area contributed by atoms with E-state index in [4.69, 9.17) is 6.57 Å². The zero-order valence-electron chi connectivity index (χ0n) is 29.5. The van der Waals surface area contributed by atoms with E-state index in [1.807, 2.05) is 30.3 Å². The van der Waals surface area contributed by atoms with Crippen molar-refractivity contribution in [2.24, 2.45) is 0 Å². The van der Waals surface area contributed by atoms with Gasteiger partial charge >= 0.3 is 0 Å². The number of nitrogens with zero attached hydrogens (tertiary/aromatic N) is 5. The third-order valence-corrected chi connectivity index (χ3v) is 11.1. The van der Waals surface area contributed by atoms with Gasteiger partial charge < -0.3 is 13.7 Å². The minimum absolute atomic E-state index is 0.599. The Hall–Kier alpha value is -7.86. The lowest BCUT2D eigenvalue weighted by Gasteiger charge is -2.14. The summed E-state index contributed by atoms with van der Waals surface area (Å²) in [6.07, 6.45) is 0. The maximum absolute atomic E-state index is 9.65. The lowest BCUT2D eigenvalue weighted by Crippen LogP contribution is -1.96. The van der Waals surface area contributed by atoms with Crippen LogP contribution in [-0.4, -0.2) is 13.7 Å². The minimum Gasteiger partial charge on any atom is -0.311 e. The molecule has 11 aromatic rings. The fraction of sp³-hybridized carbons (Fsp3) is 0. The van der Waals surface area contributed by atoms with Gasteiger partial charge in [-0.05, 0) is 96.1 Å². The van der Waals surface area contributed by atoms with Gasteiger partial charge in [-0.25, -0.2) is 4.85 Å². The summed E-state index contributed by atoms with van der Waals surface area (Å²) >= 11 is 0. The highest BCUT2D eigenvalue weighted by molar-refractivity contribution is 6.13. The van der Waals surface area contributed by atoms with Crippen LogP contribution in [0.1, 0.15) is 5.56 Å². The van der Waals surface area contributed by atoms with E-state index in [0.29, 0.717) is 11.3 Å². The van der Waals surface area contributed by atoms with Crippen molar-refractivity contribution in [3.05, 3.63) is 193 Å². The first kappa shape index (κ1) is 30.7. The summed E-state index contributed by atoms with van der Waals surface area (Å²) in [5.41, 5.74) is 12.8. The molecule has 5 heteroatoms. The number of para-hydroxylation sites is 4. The largest absolute Gasteiger partial charge is 0.311 e. The molecular formula is C50H29N5. The zero-order chi connectivity index (χ0) is 36.6. The van der Waals surface area contributed by atoms with Crippen LogP contribution in [-0.2, 0) is 0 Å². The number of hydrogen-bond acceptors (Lipinski definition) is 1. The summed E-state index contributed by atoms with van der Waals surface area (Å²) < 4.78 is 6.87. The van der Waals surface area contributed by atoms with E-state index < -0.39 is 0 Å². The van der Waals surface area contributed by atoms with E-state index in [2.05, 4.69) is 170 Å². The Morgan fingerprint density at radius 3 is 1.42 bits per heavy atom. The normalized spacial score (nSPS) is 11.6. The van der Waals surface area contributed by atoms with Gasteiger partial charge in [-0.1, -0.05) is 91.0 Å². The van der Waals surface area contributed by atoms with E-state index in [0.717, 1.165) is 82.8 Å². The third-order valence-electron chi connectivity index (χ3n) is 11.1. The molecule has 0 bridgehead atoms. The molecular weight excluding hydrogens is 671 g/mol. The van der Waals surface area contributed by atoms with Crippen molar-refractivity contribution in [1.29, 1.82) is 5.26 Å². The summed E-state index contributed by atoms with van der Waals surface area (Å²) in [6, 6.07) is 63.5. The van der Waals surface area contributed by atoms with E-state index in [-0.39, 0.29) is 0 Å². The molecule has 5 nitrogen and oxygen atoms in total. The Labute approximate surface area is 316 Å². The van der Waals surface area contributed by atoms with Gasteiger partial charge in [0.05, 0.1) is 51.3 Å². The van der Waals surface area contributed by atoms with E-state index >= 15 is 0 Å². The van der Waals surface area contributed by atoms with Crippen molar-refractivity contribution in [2.45, 2.75) is 0 Å². The molecule has 0 radical (unpaired) electrons.